The van der Waals surface area contributed by atoms with Crippen LogP contribution in [-0.4, -0.2) is 20.3 Å². The molecule has 1 heterocycles. The van der Waals surface area contributed by atoms with Gasteiger partial charge in [-0.05, 0) is 28.5 Å². The molecule has 0 fully saturated rings. The van der Waals surface area contributed by atoms with E-state index in [1.165, 1.54) is 17.8 Å². The molecule has 3 rings (SSSR count). The minimum absolute atomic E-state index is 0.0930. The summed E-state index contributed by atoms with van der Waals surface area (Å²) in [6.45, 7) is 0. The number of aromatic hydroxyl groups is 1. The van der Waals surface area contributed by atoms with Crippen molar-refractivity contribution in [3.05, 3.63) is 46.5 Å². The molecule has 1 aromatic heterocycles. The second kappa shape index (κ2) is 4.82. The highest BCUT2D eigenvalue weighted by Crippen LogP contribution is 2.38. The summed E-state index contributed by atoms with van der Waals surface area (Å²) in [7, 11) is 0. The number of nitro groups is 1. The van der Waals surface area contributed by atoms with E-state index in [2.05, 4.69) is 14.9 Å². The van der Waals surface area contributed by atoms with Gasteiger partial charge in [-0.1, -0.05) is 23.9 Å². The summed E-state index contributed by atoms with van der Waals surface area (Å²) in [5.41, 5.74) is 0.228. The molecule has 0 aliphatic rings. The average molecular weight is 289 g/mol. The first kappa shape index (κ1) is 12.4. The monoisotopic (exact) mass is 289 g/mol. The van der Waals surface area contributed by atoms with Crippen LogP contribution in [0.15, 0.2) is 50.8 Å². The summed E-state index contributed by atoms with van der Waals surface area (Å²) in [6, 6.07) is 9.69. The minimum atomic E-state index is -0.541. The number of nitro benzene ring substituents is 1. The molecule has 0 atom stereocenters. The van der Waals surface area contributed by atoms with E-state index >= 15 is 0 Å². The van der Waals surface area contributed by atoms with Crippen LogP contribution < -0.4 is 0 Å². The highest BCUT2D eigenvalue weighted by Gasteiger charge is 2.20. The van der Waals surface area contributed by atoms with Crippen LogP contribution in [0.2, 0.25) is 0 Å². The maximum atomic E-state index is 10.9. The molecule has 2 aromatic carbocycles. The zero-order chi connectivity index (χ0) is 14.1. The van der Waals surface area contributed by atoms with Crippen LogP contribution in [0, 0.1) is 10.1 Å². The van der Waals surface area contributed by atoms with Gasteiger partial charge < -0.3 is 5.11 Å². The predicted octanol–water partition coefficient (Wildman–Crippen LogP) is 2.99. The smallest absolute Gasteiger partial charge is 0.300 e. The Hall–Kier alpha value is -2.61. The van der Waals surface area contributed by atoms with Crippen molar-refractivity contribution >= 4 is 28.5 Å². The Morgan fingerprint density at radius 3 is 2.60 bits per heavy atom. The molecule has 0 saturated heterocycles. The van der Waals surface area contributed by atoms with Gasteiger partial charge in [0.15, 0.2) is 5.52 Å². The van der Waals surface area contributed by atoms with Gasteiger partial charge in [-0.2, -0.15) is 0 Å². The topological polar surface area (TPSA) is 102 Å². The lowest BCUT2D eigenvalue weighted by Crippen LogP contribution is -1.90. The number of nitrogens with zero attached hydrogens (tertiary/aromatic N) is 3. The number of benzene rings is 2. The Morgan fingerprint density at radius 1 is 1.10 bits per heavy atom. The lowest BCUT2D eigenvalue weighted by Gasteiger charge is -2.03. The lowest BCUT2D eigenvalue weighted by atomic mass is 10.3. The molecule has 0 aliphatic heterocycles. The van der Waals surface area contributed by atoms with Gasteiger partial charge in [0.1, 0.15) is 5.75 Å². The molecule has 7 nitrogen and oxygen atoms in total. The van der Waals surface area contributed by atoms with Crippen molar-refractivity contribution in [2.24, 2.45) is 0 Å². The molecule has 8 heteroatoms. The number of hydrogen-bond acceptors (Lipinski definition) is 7. The summed E-state index contributed by atoms with van der Waals surface area (Å²) in [5.74, 6) is 0.125. The van der Waals surface area contributed by atoms with E-state index in [-0.39, 0.29) is 17.0 Å². The van der Waals surface area contributed by atoms with Crippen molar-refractivity contribution in [1.82, 2.24) is 10.3 Å². The third-order valence-electron chi connectivity index (χ3n) is 2.64. The second-order valence-electron chi connectivity index (χ2n) is 3.87. The summed E-state index contributed by atoms with van der Waals surface area (Å²) in [4.78, 5) is 11.6. The number of rotatable bonds is 3. The molecule has 3 aromatic rings. The Bertz CT molecular complexity index is 802. The molecule has 0 spiro atoms. The summed E-state index contributed by atoms with van der Waals surface area (Å²) < 4.78 is 4.58. The number of phenols is 1. The number of fused-ring (bicyclic) bond motifs is 1. The number of phenolic OH excluding ortho intramolecular Hbond substituents is 1. The summed E-state index contributed by atoms with van der Waals surface area (Å²) in [5, 5.41) is 27.9. The molecule has 0 aliphatic carbocycles. The zero-order valence-electron chi connectivity index (χ0n) is 9.89. The highest BCUT2D eigenvalue weighted by molar-refractivity contribution is 7.99. The van der Waals surface area contributed by atoms with Crippen molar-refractivity contribution in [3.8, 4) is 5.75 Å². The van der Waals surface area contributed by atoms with Gasteiger partial charge in [0.05, 0.1) is 9.82 Å². The SMILES string of the molecule is O=[N+]([O-])c1ccc(Sc2ccccc2O)c2nonc12. The molecule has 0 unspecified atom stereocenters. The predicted molar refractivity (Wildman–Crippen MR) is 70.7 cm³/mol. The molecule has 0 bridgehead atoms. The van der Waals surface area contributed by atoms with E-state index < -0.39 is 4.92 Å². The first-order chi connectivity index (χ1) is 9.66. The quantitative estimate of drug-likeness (QED) is 0.584. The Balaban J connectivity index is 2.10. The van der Waals surface area contributed by atoms with Crippen LogP contribution in [0.5, 0.6) is 5.75 Å². The van der Waals surface area contributed by atoms with Gasteiger partial charge in [-0.25, -0.2) is 4.63 Å². The van der Waals surface area contributed by atoms with Crippen LogP contribution in [0.25, 0.3) is 11.0 Å². The normalized spacial score (nSPS) is 10.8. The van der Waals surface area contributed by atoms with Crippen molar-refractivity contribution in [2.75, 3.05) is 0 Å². The third kappa shape index (κ3) is 2.05. The van der Waals surface area contributed by atoms with Crippen LogP contribution in [0.1, 0.15) is 0 Å². The maximum absolute atomic E-state index is 10.9. The number of hydrogen-bond donors (Lipinski definition) is 1. The zero-order valence-corrected chi connectivity index (χ0v) is 10.7. The Labute approximate surface area is 116 Å². The summed E-state index contributed by atoms with van der Waals surface area (Å²) >= 11 is 1.23. The number of para-hydroxylation sites is 1. The fourth-order valence-electron chi connectivity index (χ4n) is 1.72. The Kier molecular flexibility index (Phi) is 2.99. The molecule has 0 amide bonds. The van der Waals surface area contributed by atoms with Crippen LogP contribution in [-0.2, 0) is 0 Å². The van der Waals surface area contributed by atoms with Crippen LogP contribution in [0.3, 0.4) is 0 Å². The van der Waals surface area contributed by atoms with E-state index in [0.717, 1.165) is 0 Å². The summed E-state index contributed by atoms with van der Waals surface area (Å²) in [6.07, 6.45) is 0. The standard InChI is InChI=1S/C12H7N3O4S/c16-8-3-1-2-4-9(8)20-10-6-5-7(15(17)18)11-12(10)14-19-13-11/h1-6,16H. The third-order valence-corrected chi connectivity index (χ3v) is 3.75. The molecule has 1 N–H and O–H groups in total. The molecule has 0 saturated carbocycles. The highest BCUT2D eigenvalue weighted by atomic mass is 32.2. The van der Waals surface area contributed by atoms with Gasteiger partial charge in [0, 0.05) is 11.0 Å². The molecule has 20 heavy (non-hydrogen) atoms. The van der Waals surface area contributed by atoms with Gasteiger partial charge in [0.2, 0.25) is 5.52 Å². The van der Waals surface area contributed by atoms with Gasteiger partial charge in [0.25, 0.3) is 0 Å². The minimum Gasteiger partial charge on any atom is -0.507 e. The fourth-order valence-corrected chi connectivity index (χ4v) is 2.65. The van der Waals surface area contributed by atoms with Crippen LogP contribution in [0.4, 0.5) is 5.69 Å². The first-order valence-electron chi connectivity index (χ1n) is 5.52. The van der Waals surface area contributed by atoms with Crippen molar-refractivity contribution in [1.29, 1.82) is 0 Å². The van der Waals surface area contributed by atoms with E-state index in [9.17, 15) is 15.2 Å². The number of aromatic nitrogens is 2. The number of non-ortho nitro benzene ring substituents is 1. The van der Waals surface area contributed by atoms with E-state index in [1.54, 1.807) is 30.3 Å². The van der Waals surface area contributed by atoms with Gasteiger partial charge >= 0.3 is 5.69 Å². The van der Waals surface area contributed by atoms with Crippen molar-refractivity contribution in [3.63, 3.8) is 0 Å². The fraction of sp³-hybridized carbons (Fsp3) is 0. The van der Waals surface area contributed by atoms with Crippen LogP contribution >= 0.6 is 11.8 Å². The average Bonchev–Trinajstić information content (AvgIpc) is 2.90. The van der Waals surface area contributed by atoms with E-state index in [1.807, 2.05) is 0 Å². The van der Waals surface area contributed by atoms with Crippen molar-refractivity contribution in [2.45, 2.75) is 9.79 Å². The second-order valence-corrected chi connectivity index (χ2v) is 4.95. The lowest BCUT2D eigenvalue weighted by molar-refractivity contribution is -0.383. The van der Waals surface area contributed by atoms with E-state index in [0.29, 0.717) is 15.3 Å². The maximum Gasteiger partial charge on any atom is 0.300 e. The molecule has 0 radical (unpaired) electrons. The van der Waals surface area contributed by atoms with Gasteiger partial charge in [-0.3, -0.25) is 10.1 Å². The van der Waals surface area contributed by atoms with Gasteiger partial charge in [-0.15, -0.1) is 0 Å². The van der Waals surface area contributed by atoms with Crippen molar-refractivity contribution < 1.29 is 14.7 Å². The largest absolute Gasteiger partial charge is 0.507 e. The molecular weight excluding hydrogens is 282 g/mol. The first-order valence-corrected chi connectivity index (χ1v) is 6.34. The van der Waals surface area contributed by atoms with E-state index in [4.69, 9.17) is 0 Å². The molecular formula is C12H7N3O4S. The molecule has 100 valence electrons. The Morgan fingerprint density at radius 2 is 1.85 bits per heavy atom.